The molecular weight excluding hydrogens is 424 g/mol. The van der Waals surface area contributed by atoms with E-state index in [1.165, 1.54) is 11.1 Å². The number of aryl methyl sites for hydroxylation is 3. The first kappa shape index (κ1) is 20.3. The minimum atomic E-state index is -0.134. The molecule has 0 aliphatic heterocycles. The van der Waals surface area contributed by atoms with Gasteiger partial charge in [0.1, 0.15) is 17.0 Å². The maximum Gasteiger partial charge on any atom is 0.276 e. The maximum absolute atomic E-state index is 13.2. The second-order valence-electron chi connectivity index (χ2n) is 7.92. The number of fused-ring (bicyclic) bond motifs is 1. The van der Waals surface area contributed by atoms with E-state index >= 15 is 0 Å². The predicted octanol–water partition coefficient (Wildman–Crippen LogP) is 5.44. The van der Waals surface area contributed by atoms with Crippen LogP contribution in [0.3, 0.4) is 0 Å². The number of rotatable bonds is 4. The lowest BCUT2D eigenvalue weighted by Crippen LogP contribution is -2.22. The summed E-state index contributed by atoms with van der Waals surface area (Å²) in [5.41, 5.74) is 6.09. The molecule has 0 aliphatic carbocycles. The third-order valence-electron chi connectivity index (χ3n) is 5.71. The zero-order chi connectivity index (χ0) is 22.4. The van der Waals surface area contributed by atoms with Crippen molar-refractivity contribution in [2.75, 3.05) is 0 Å². The molecule has 0 radical (unpaired) electrons. The van der Waals surface area contributed by atoms with Gasteiger partial charge in [-0.2, -0.15) is 5.10 Å². The molecule has 160 valence electrons. The number of aromatic nitrogens is 4. The highest BCUT2D eigenvalue weighted by Crippen LogP contribution is 2.24. The molecule has 5 aromatic rings. The number of oxazole rings is 1. The van der Waals surface area contributed by atoms with E-state index in [0.717, 1.165) is 16.8 Å². The Kier molecular flexibility index (Phi) is 4.94. The van der Waals surface area contributed by atoms with Crippen LogP contribution in [0.5, 0.6) is 0 Å². The van der Waals surface area contributed by atoms with Gasteiger partial charge in [0.05, 0.1) is 12.2 Å². The van der Waals surface area contributed by atoms with E-state index in [2.05, 4.69) is 36.1 Å². The van der Waals surface area contributed by atoms with Gasteiger partial charge in [0, 0.05) is 28.5 Å². The van der Waals surface area contributed by atoms with Crippen LogP contribution in [0.2, 0.25) is 5.02 Å². The molecule has 7 heteroatoms. The molecule has 0 amide bonds. The van der Waals surface area contributed by atoms with Crippen molar-refractivity contribution in [1.82, 2.24) is 19.2 Å². The molecule has 6 nitrogen and oxygen atoms in total. The minimum Gasteiger partial charge on any atom is -0.441 e. The van der Waals surface area contributed by atoms with E-state index in [1.807, 2.05) is 31.2 Å². The average Bonchev–Trinajstić information content (AvgIpc) is 3.37. The molecule has 5 rings (SSSR count). The van der Waals surface area contributed by atoms with Gasteiger partial charge in [-0.3, -0.25) is 4.79 Å². The summed E-state index contributed by atoms with van der Waals surface area (Å²) in [5.74, 6) is 1.18. The van der Waals surface area contributed by atoms with Crippen molar-refractivity contribution in [2.45, 2.75) is 27.3 Å². The molecule has 3 aromatic heterocycles. The topological polar surface area (TPSA) is 65.3 Å². The SMILES string of the molecule is Cc1ccc(-c2cc3c(=O)n(Cc4nc(-c5ccc(Cl)cc5)oc4C)ccn3n2)cc1C. The fourth-order valence-electron chi connectivity index (χ4n) is 3.64. The van der Waals surface area contributed by atoms with Gasteiger partial charge in [-0.25, -0.2) is 9.50 Å². The summed E-state index contributed by atoms with van der Waals surface area (Å²) in [6.07, 6.45) is 3.51. The van der Waals surface area contributed by atoms with Crippen molar-refractivity contribution in [2.24, 2.45) is 0 Å². The molecule has 0 fully saturated rings. The molecule has 2 aromatic carbocycles. The lowest BCUT2D eigenvalue weighted by atomic mass is 10.0. The van der Waals surface area contributed by atoms with Crippen LogP contribution < -0.4 is 5.56 Å². The monoisotopic (exact) mass is 444 g/mol. The zero-order valence-electron chi connectivity index (χ0n) is 18.0. The van der Waals surface area contributed by atoms with Gasteiger partial charge in [0.15, 0.2) is 0 Å². The number of nitrogens with zero attached hydrogens (tertiary/aromatic N) is 4. The molecule has 0 unspecified atom stereocenters. The lowest BCUT2D eigenvalue weighted by Gasteiger charge is -2.04. The first-order chi connectivity index (χ1) is 15.4. The first-order valence-electron chi connectivity index (χ1n) is 10.3. The van der Waals surface area contributed by atoms with Crippen LogP contribution in [0.25, 0.3) is 28.2 Å². The molecule has 0 aliphatic rings. The zero-order valence-corrected chi connectivity index (χ0v) is 18.7. The van der Waals surface area contributed by atoms with E-state index in [1.54, 1.807) is 33.6 Å². The van der Waals surface area contributed by atoms with Gasteiger partial charge in [-0.1, -0.05) is 23.7 Å². The normalized spacial score (nSPS) is 11.4. The van der Waals surface area contributed by atoms with Crippen molar-refractivity contribution >= 4 is 17.1 Å². The van der Waals surface area contributed by atoms with E-state index in [4.69, 9.17) is 16.0 Å². The smallest absolute Gasteiger partial charge is 0.276 e. The molecule has 3 heterocycles. The number of benzene rings is 2. The molecule has 0 spiro atoms. The molecule has 0 bridgehead atoms. The van der Waals surface area contributed by atoms with E-state index in [-0.39, 0.29) is 5.56 Å². The van der Waals surface area contributed by atoms with Crippen LogP contribution in [-0.2, 0) is 6.54 Å². The Morgan fingerprint density at radius 2 is 1.69 bits per heavy atom. The third kappa shape index (κ3) is 3.63. The molecule has 32 heavy (non-hydrogen) atoms. The minimum absolute atomic E-state index is 0.134. The standard InChI is InChI=1S/C25H21ClN4O2/c1-15-4-5-19(12-16(15)2)21-13-23-25(31)29(10-11-30(23)28-21)14-22-17(3)32-24(27-22)18-6-8-20(26)9-7-18/h4-13H,14H2,1-3H3. The fourth-order valence-corrected chi connectivity index (χ4v) is 3.77. The number of hydrogen-bond donors (Lipinski definition) is 0. The summed E-state index contributed by atoms with van der Waals surface area (Å²) in [7, 11) is 0. The second-order valence-corrected chi connectivity index (χ2v) is 8.35. The Morgan fingerprint density at radius 1 is 0.938 bits per heavy atom. The summed E-state index contributed by atoms with van der Waals surface area (Å²) < 4.78 is 9.08. The van der Waals surface area contributed by atoms with Crippen LogP contribution in [0.1, 0.15) is 22.6 Å². The van der Waals surface area contributed by atoms with Gasteiger partial charge in [0.2, 0.25) is 5.89 Å². The highest BCUT2D eigenvalue weighted by atomic mass is 35.5. The van der Waals surface area contributed by atoms with Crippen LogP contribution >= 0.6 is 11.6 Å². The van der Waals surface area contributed by atoms with Crippen molar-refractivity contribution in [1.29, 1.82) is 0 Å². The molecule has 0 saturated heterocycles. The van der Waals surface area contributed by atoms with Crippen LogP contribution in [-0.4, -0.2) is 19.2 Å². The summed E-state index contributed by atoms with van der Waals surface area (Å²) in [6.45, 7) is 6.30. The molecule has 0 N–H and O–H groups in total. The molecule has 0 atom stereocenters. The fraction of sp³-hybridized carbons (Fsp3) is 0.160. The van der Waals surface area contributed by atoms with Crippen LogP contribution in [0.15, 0.2) is 70.1 Å². The van der Waals surface area contributed by atoms with Gasteiger partial charge in [0.25, 0.3) is 5.56 Å². The van der Waals surface area contributed by atoms with Gasteiger partial charge >= 0.3 is 0 Å². The summed E-state index contributed by atoms with van der Waals surface area (Å²) in [4.78, 5) is 17.8. The van der Waals surface area contributed by atoms with Gasteiger partial charge in [-0.15, -0.1) is 0 Å². The predicted molar refractivity (Wildman–Crippen MR) is 125 cm³/mol. The van der Waals surface area contributed by atoms with E-state index < -0.39 is 0 Å². The van der Waals surface area contributed by atoms with Gasteiger partial charge in [-0.05, 0) is 68.3 Å². The number of hydrogen-bond acceptors (Lipinski definition) is 4. The van der Waals surface area contributed by atoms with Crippen LogP contribution in [0, 0.1) is 20.8 Å². The second kappa shape index (κ2) is 7.80. The van der Waals surface area contributed by atoms with Crippen molar-refractivity contribution in [3.63, 3.8) is 0 Å². The quantitative estimate of drug-likeness (QED) is 0.370. The lowest BCUT2D eigenvalue weighted by molar-refractivity contribution is 0.537. The van der Waals surface area contributed by atoms with E-state index in [0.29, 0.717) is 34.4 Å². The maximum atomic E-state index is 13.2. The van der Waals surface area contributed by atoms with Crippen molar-refractivity contribution in [3.05, 3.63) is 98.9 Å². The summed E-state index contributed by atoms with van der Waals surface area (Å²) >= 11 is 5.97. The van der Waals surface area contributed by atoms with Crippen molar-refractivity contribution < 1.29 is 4.42 Å². The average molecular weight is 445 g/mol. The highest BCUT2D eigenvalue weighted by Gasteiger charge is 2.15. The Hall–Kier alpha value is -3.64. The van der Waals surface area contributed by atoms with E-state index in [9.17, 15) is 4.79 Å². The Balaban J connectivity index is 1.49. The molecule has 0 saturated carbocycles. The van der Waals surface area contributed by atoms with Crippen LogP contribution in [0.4, 0.5) is 0 Å². The summed E-state index contributed by atoms with van der Waals surface area (Å²) in [6, 6.07) is 15.3. The number of halogens is 1. The van der Waals surface area contributed by atoms with Crippen molar-refractivity contribution in [3.8, 4) is 22.7 Å². The molecular formula is C25H21ClN4O2. The highest BCUT2D eigenvalue weighted by molar-refractivity contribution is 6.30. The van der Waals surface area contributed by atoms with Gasteiger partial charge < -0.3 is 8.98 Å². The Labute approximate surface area is 189 Å². The third-order valence-corrected chi connectivity index (χ3v) is 5.96. The first-order valence-corrected chi connectivity index (χ1v) is 10.7. The Morgan fingerprint density at radius 3 is 2.44 bits per heavy atom. The summed E-state index contributed by atoms with van der Waals surface area (Å²) in [5, 5.41) is 5.24. The Bertz CT molecular complexity index is 1510. The largest absolute Gasteiger partial charge is 0.441 e.